The van der Waals surface area contributed by atoms with Gasteiger partial charge in [-0.3, -0.25) is 4.79 Å². The molecule has 0 fully saturated rings. The number of carbonyl (C=O) groups is 1. The molecular formula is C15H25N3O. The largest absolute Gasteiger partial charge is 0.352 e. The van der Waals surface area contributed by atoms with Gasteiger partial charge in [-0.25, -0.2) is 0 Å². The first-order valence-corrected chi connectivity index (χ1v) is 6.82. The fourth-order valence-corrected chi connectivity index (χ4v) is 2.09. The molecule has 0 saturated carbocycles. The lowest BCUT2D eigenvalue weighted by Gasteiger charge is -2.20. The Kier molecular flexibility index (Phi) is 6.53. The quantitative estimate of drug-likeness (QED) is 0.698. The van der Waals surface area contributed by atoms with Crippen LogP contribution in [0.25, 0.3) is 0 Å². The van der Waals surface area contributed by atoms with Crippen molar-refractivity contribution in [3.63, 3.8) is 0 Å². The third kappa shape index (κ3) is 5.85. The molecule has 19 heavy (non-hydrogen) atoms. The summed E-state index contributed by atoms with van der Waals surface area (Å²) < 4.78 is 0. The number of hydrogen-bond donors (Lipinski definition) is 3. The Balaban J connectivity index is 2.46. The van der Waals surface area contributed by atoms with Crippen LogP contribution in [0.15, 0.2) is 30.3 Å². The van der Waals surface area contributed by atoms with Crippen LogP contribution in [-0.2, 0) is 4.79 Å². The van der Waals surface area contributed by atoms with Gasteiger partial charge in [0.15, 0.2) is 0 Å². The Labute approximate surface area is 115 Å². The van der Waals surface area contributed by atoms with E-state index in [9.17, 15) is 4.79 Å². The molecule has 0 heterocycles. The molecular weight excluding hydrogens is 238 g/mol. The number of nitrogens with one attached hydrogen (secondary N) is 1. The van der Waals surface area contributed by atoms with Crippen molar-refractivity contribution in [1.82, 2.24) is 5.32 Å². The Hall–Kier alpha value is -1.39. The van der Waals surface area contributed by atoms with Crippen LogP contribution in [0.5, 0.6) is 0 Å². The van der Waals surface area contributed by atoms with Crippen molar-refractivity contribution in [2.75, 3.05) is 6.54 Å². The minimum atomic E-state index is -0.265. The Morgan fingerprint density at radius 2 is 1.89 bits per heavy atom. The molecule has 2 unspecified atom stereocenters. The zero-order chi connectivity index (χ0) is 14.3. The van der Waals surface area contributed by atoms with E-state index in [4.69, 9.17) is 11.5 Å². The van der Waals surface area contributed by atoms with Gasteiger partial charge < -0.3 is 16.8 Å². The van der Waals surface area contributed by atoms with Gasteiger partial charge in [-0.2, -0.15) is 0 Å². The van der Waals surface area contributed by atoms with Gasteiger partial charge in [-0.05, 0) is 17.9 Å². The van der Waals surface area contributed by atoms with Crippen LogP contribution >= 0.6 is 0 Å². The lowest BCUT2D eigenvalue weighted by molar-refractivity contribution is -0.122. The molecule has 106 valence electrons. The Bertz CT molecular complexity index is 378. The molecule has 5 N–H and O–H groups in total. The number of nitrogens with two attached hydrogens (primary N) is 2. The monoisotopic (exact) mass is 263 g/mol. The average Bonchev–Trinajstić information content (AvgIpc) is 2.38. The zero-order valence-corrected chi connectivity index (χ0v) is 11.8. The first-order chi connectivity index (χ1) is 9.02. The van der Waals surface area contributed by atoms with E-state index in [1.165, 1.54) is 0 Å². The smallest absolute Gasteiger partial charge is 0.222 e. The van der Waals surface area contributed by atoms with Gasteiger partial charge in [0.05, 0.1) is 0 Å². The maximum Gasteiger partial charge on any atom is 0.222 e. The van der Waals surface area contributed by atoms with Crippen molar-refractivity contribution in [1.29, 1.82) is 0 Å². The van der Waals surface area contributed by atoms with Crippen molar-refractivity contribution < 1.29 is 4.79 Å². The van der Waals surface area contributed by atoms with Crippen LogP contribution in [-0.4, -0.2) is 18.5 Å². The topological polar surface area (TPSA) is 81.1 Å². The number of benzene rings is 1. The summed E-state index contributed by atoms with van der Waals surface area (Å²) in [7, 11) is 0. The molecule has 1 amide bonds. The predicted octanol–water partition coefficient (Wildman–Crippen LogP) is 1.57. The first kappa shape index (κ1) is 15.7. The molecule has 4 nitrogen and oxygen atoms in total. The highest BCUT2D eigenvalue weighted by Gasteiger charge is 2.15. The minimum absolute atomic E-state index is 0.0348. The molecule has 0 spiro atoms. The summed E-state index contributed by atoms with van der Waals surface area (Å²) in [5.74, 6) is 0.476. The van der Waals surface area contributed by atoms with Gasteiger partial charge in [-0.1, -0.05) is 44.2 Å². The molecule has 0 radical (unpaired) electrons. The van der Waals surface area contributed by atoms with Crippen molar-refractivity contribution in [3.05, 3.63) is 35.9 Å². The second kappa shape index (κ2) is 7.92. The fraction of sp³-hybridized carbons (Fsp3) is 0.533. The van der Waals surface area contributed by atoms with E-state index in [0.29, 0.717) is 18.9 Å². The van der Waals surface area contributed by atoms with Crippen LogP contribution in [0.2, 0.25) is 0 Å². The highest BCUT2D eigenvalue weighted by atomic mass is 16.1. The predicted molar refractivity (Wildman–Crippen MR) is 78.4 cm³/mol. The van der Waals surface area contributed by atoms with E-state index >= 15 is 0 Å². The molecule has 4 heteroatoms. The molecule has 0 aliphatic carbocycles. The Morgan fingerprint density at radius 1 is 1.26 bits per heavy atom. The van der Waals surface area contributed by atoms with Gasteiger partial charge >= 0.3 is 0 Å². The van der Waals surface area contributed by atoms with E-state index in [1.54, 1.807) is 0 Å². The van der Waals surface area contributed by atoms with Gasteiger partial charge in [0, 0.05) is 25.0 Å². The van der Waals surface area contributed by atoms with Gasteiger partial charge in [-0.15, -0.1) is 0 Å². The SMILES string of the molecule is CC(C)CC(CN)NC(=O)CC(N)c1ccccc1. The van der Waals surface area contributed by atoms with Crippen molar-refractivity contribution in [2.45, 2.75) is 38.8 Å². The summed E-state index contributed by atoms with van der Waals surface area (Å²) in [6.45, 7) is 4.69. The summed E-state index contributed by atoms with van der Waals surface area (Å²) in [5, 5.41) is 2.95. The third-order valence-electron chi connectivity index (χ3n) is 3.04. The van der Waals surface area contributed by atoms with Crippen molar-refractivity contribution in [3.8, 4) is 0 Å². The van der Waals surface area contributed by atoms with E-state index in [0.717, 1.165) is 12.0 Å². The van der Waals surface area contributed by atoms with E-state index in [1.807, 2.05) is 30.3 Å². The number of amides is 1. The molecule has 0 aromatic heterocycles. The first-order valence-electron chi connectivity index (χ1n) is 6.82. The van der Waals surface area contributed by atoms with Crippen LogP contribution in [0.4, 0.5) is 0 Å². The van der Waals surface area contributed by atoms with Crippen LogP contribution in [0.1, 0.15) is 38.3 Å². The molecule has 1 aromatic rings. The van der Waals surface area contributed by atoms with E-state index < -0.39 is 0 Å². The van der Waals surface area contributed by atoms with E-state index in [2.05, 4.69) is 19.2 Å². The van der Waals surface area contributed by atoms with Crippen LogP contribution in [0, 0.1) is 5.92 Å². The summed E-state index contributed by atoms with van der Waals surface area (Å²) in [6.07, 6.45) is 1.18. The van der Waals surface area contributed by atoms with Gasteiger partial charge in [0.1, 0.15) is 0 Å². The maximum atomic E-state index is 11.9. The number of hydrogen-bond acceptors (Lipinski definition) is 3. The second-order valence-corrected chi connectivity index (χ2v) is 5.35. The normalized spacial score (nSPS) is 14.2. The lowest BCUT2D eigenvalue weighted by atomic mass is 10.0. The molecule has 1 aromatic carbocycles. The highest BCUT2D eigenvalue weighted by Crippen LogP contribution is 2.13. The van der Waals surface area contributed by atoms with Crippen molar-refractivity contribution in [2.24, 2.45) is 17.4 Å². The highest BCUT2D eigenvalue weighted by molar-refractivity contribution is 5.77. The van der Waals surface area contributed by atoms with Crippen LogP contribution < -0.4 is 16.8 Å². The third-order valence-corrected chi connectivity index (χ3v) is 3.04. The number of rotatable bonds is 7. The summed E-state index contributed by atoms with van der Waals surface area (Å²) in [6, 6.07) is 9.43. The molecule has 0 aliphatic rings. The summed E-state index contributed by atoms with van der Waals surface area (Å²) in [4.78, 5) is 11.9. The maximum absolute atomic E-state index is 11.9. The molecule has 0 bridgehead atoms. The molecule has 0 aliphatic heterocycles. The van der Waals surface area contributed by atoms with Crippen molar-refractivity contribution >= 4 is 5.91 Å². The molecule has 0 saturated heterocycles. The number of carbonyl (C=O) groups excluding carboxylic acids is 1. The van der Waals surface area contributed by atoms with Gasteiger partial charge in [0.2, 0.25) is 5.91 Å². The lowest BCUT2D eigenvalue weighted by Crippen LogP contribution is -2.41. The van der Waals surface area contributed by atoms with E-state index in [-0.39, 0.29) is 18.0 Å². The minimum Gasteiger partial charge on any atom is -0.352 e. The summed E-state index contributed by atoms with van der Waals surface area (Å²) in [5.41, 5.74) is 12.7. The van der Waals surface area contributed by atoms with Gasteiger partial charge in [0.25, 0.3) is 0 Å². The van der Waals surface area contributed by atoms with Crippen LogP contribution in [0.3, 0.4) is 0 Å². The zero-order valence-electron chi connectivity index (χ0n) is 11.8. The average molecular weight is 263 g/mol. The Morgan fingerprint density at radius 3 is 2.42 bits per heavy atom. The molecule has 2 atom stereocenters. The molecule has 1 rings (SSSR count). The fourth-order valence-electron chi connectivity index (χ4n) is 2.09. The second-order valence-electron chi connectivity index (χ2n) is 5.35. The summed E-state index contributed by atoms with van der Waals surface area (Å²) >= 11 is 0. The standard InChI is InChI=1S/C15H25N3O/c1-11(2)8-13(10-16)18-15(19)9-14(17)12-6-4-3-5-7-12/h3-7,11,13-14H,8-10,16-17H2,1-2H3,(H,18,19).